The first-order valence-corrected chi connectivity index (χ1v) is 8.65. The minimum absolute atomic E-state index is 0.0581. The minimum Gasteiger partial charge on any atom is -0.463 e. The average Bonchev–Trinajstić information content (AvgIpc) is 3.17. The molecular weight excluding hydrogens is 314 g/mol. The Morgan fingerprint density at radius 1 is 1.28 bits per heavy atom. The maximum Gasteiger partial charge on any atom is 0.228 e. The molecule has 3 aromatic rings. The molecule has 128 valence electrons. The van der Waals surface area contributed by atoms with E-state index in [9.17, 15) is 4.79 Å². The van der Waals surface area contributed by atoms with E-state index in [1.54, 1.807) is 23.2 Å². The highest BCUT2D eigenvalue weighted by Gasteiger charge is 2.19. The number of carbonyl (C=O) groups excluding carboxylic acids is 1. The van der Waals surface area contributed by atoms with Crippen LogP contribution in [0.5, 0.6) is 0 Å². The number of hydrogen-bond acceptors (Lipinski definition) is 3. The number of nitrogens with one attached hydrogen (secondary N) is 1. The molecule has 1 aliphatic rings. The highest BCUT2D eigenvalue weighted by molar-refractivity contribution is 5.95. The van der Waals surface area contributed by atoms with Gasteiger partial charge in [0.25, 0.3) is 0 Å². The van der Waals surface area contributed by atoms with Gasteiger partial charge >= 0.3 is 0 Å². The van der Waals surface area contributed by atoms with E-state index in [2.05, 4.69) is 34.7 Å². The Hall–Kier alpha value is -2.82. The van der Waals surface area contributed by atoms with Crippen molar-refractivity contribution >= 4 is 11.6 Å². The predicted molar refractivity (Wildman–Crippen MR) is 96.3 cm³/mol. The average molecular weight is 335 g/mol. The summed E-state index contributed by atoms with van der Waals surface area (Å²) in [6.07, 6.45) is 7.64. The molecule has 0 spiro atoms. The van der Waals surface area contributed by atoms with Crippen LogP contribution in [-0.2, 0) is 18.3 Å². The van der Waals surface area contributed by atoms with E-state index in [4.69, 9.17) is 4.42 Å². The second kappa shape index (κ2) is 6.59. The van der Waals surface area contributed by atoms with E-state index in [1.165, 1.54) is 24.8 Å². The quantitative estimate of drug-likeness (QED) is 0.762. The standard InChI is InChI=1S/C20H21N3O2/c1-23-13-17(20(22-23)18-6-3-11-25-18)21-19(24)12-14-7-9-16(10-8-14)15-4-2-5-15/h3,6-11,13,15H,2,4-5,12H2,1H3,(H,21,24). The highest BCUT2D eigenvalue weighted by Crippen LogP contribution is 2.36. The monoisotopic (exact) mass is 335 g/mol. The Bertz CT molecular complexity index is 859. The maximum absolute atomic E-state index is 12.4. The van der Waals surface area contributed by atoms with Gasteiger partial charge in [-0.15, -0.1) is 0 Å². The lowest BCUT2D eigenvalue weighted by Gasteiger charge is -2.25. The molecule has 0 atom stereocenters. The number of rotatable bonds is 5. The van der Waals surface area contributed by atoms with Crippen LogP contribution in [0, 0.1) is 0 Å². The molecule has 0 aliphatic heterocycles. The van der Waals surface area contributed by atoms with Gasteiger partial charge in [0.2, 0.25) is 5.91 Å². The summed E-state index contributed by atoms with van der Waals surface area (Å²) < 4.78 is 7.07. The maximum atomic E-state index is 12.4. The van der Waals surface area contributed by atoms with Gasteiger partial charge in [-0.25, -0.2) is 0 Å². The van der Waals surface area contributed by atoms with Gasteiger partial charge in [-0.2, -0.15) is 5.10 Å². The van der Waals surface area contributed by atoms with E-state index in [1.807, 2.05) is 13.1 Å². The van der Waals surface area contributed by atoms with Crippen molar-refractivity contribution in [2.75, 3.05) is 5.32 Å². The number of aryl methyl sites for hydroxylation is 1. The van der Waals surface area contributed by atoms with Crippen molar-refractivity contribution in [3.63, 3.8) is 0 Å². The number of carbonyl (C=O) groups is 1. The van der Waals surface area contributed by atoms with Crippen LogP contribution in [0.3, 0.4) is 0 Å². The fourth-order valence-corrected chi connectivity index (χ4v) is 3.20. The Morgan fingerprint density at radius 2 is 2.08 bits per heavy atom. The fourth-order valence-electron chi connectivity index (χ4n) is 3.20. The molecule has 5 heteroatoms. The molecular formula is C20H21N3O2. The molecule has 0 unspecified atom stereocenters. The second-order valence-corrected chi connectivity index (χ2v) is 6.64. The van der Waals surface area contributed by atoms with Gasteiger partial charge < -0.3 is 9.73 Å². The number of amides is 1. The zero-order valence-corrected chi connectivity index (χ0v) is 14.2. The van der Waals surface area contributed by atoms with Crippen LogP contribution in [0.15, 0.2) is 53.3 Å². The van der Waals surface area contributed by atoms with Crippen molar-refractivity contribution in [3.8, 4) is 11.5 Å². The first-order valence-electron chi connectivity index (χ1n) is 8.65. The summed E-state index contributed by atoms with van der Waals surface area (Å²) in [5.41, 5.74) is 3.71. The molecule has 1 aromatic carbocycles. The van der Waals surface area contributed by atoms with Crippen molar-refractivity contribution in [1.29, 1.82) is 0 Å². The molecule has 4 rings (SSSR count). The molecule has 0 radical (unpaired) electrons. The third-order valence-corrected chi connectivity index (χ3v) is 4.78. The van der Waals surface area contributed by atoms with Crippen LogP contribution in [0.4, 0.5) is 5.69 Å². The van der Waals surface area contributed by atoms with E-state index in [-0.39, 0.29) is 5.91 Å². The first kappa shape index (κ1) is 15.7. The van der Waals surface area contributed by atoms with Gasteiger partial charge in [0.1, 0.15) is 0 Å². The lowest BCUT2D eigenvalue weighted by molar-refractivity contribution is -0.115. The van der Waals surface area contributed by atoms with Crippen LogP contribution in [0.25, 0.3) is 11.5 Å². The molecule has 1 amide bonds. The third-order valence-electron chi connectivity index (χ3n) is 4.78. The Balaban J connectivity index is 1.44. The van der Waals surface area contributed by atoms with Crippen molar-refractivity contribution in [2.45, 2.75) is 31.6 Å². The van der Waals surface area contributed by atoms with E-state index < -0.39 is 0 Å². The summed E-state index contributed by atoms with van der Waals surface area (Å²) in [6.45, 7) is 0. The van der Waals surface area contributed by atoms with Gasteiger partial charge in [0.05, 0.1) is 18.4 Å². The number of nitrogens with zero attached hydrogens (tertiary/aromatic N) is 2. The number of hydrogen-bond donors (Lipinski definition) is 1. The normalized spacial score (nSPS) is 14.3. The zero-order valence-electron chi connectivity index (χ0n) is 14.2. The van der Waals surface area contributed by atoms with Gasteiger partial charge in [-0.05, 0) is 42.0 Å². The molecule has 0 saturated heterocycles. The first-order chi connectivity index (χ1) is 12.2. The van der Waals surface area contributed by atoms with Crippen molar-refractivity contribution < 1.29 is 9.21 Å². The molecule has 5 nitrogen and oxygen atoms in total. The fraction of sp³-hybridized carbons (Fsp3) is 0.300. The predicted octanol–water partition coefficient (Wildman–Crippen LogP) is 4.13. The smallest absolute Gasteiger partial charge is 0.228 e. The van der Waals surface area contributed by atoms with E-state index in [0.29, 0.717) is 29.5 Å². The van der Waals surface area contributed by atoms with Crippen LogP contribution in [0.1, 0.15) is 36.3 Å². The minimum atomic E-state index is -0.0581. The molecule has 2 heterocycles. The molecule has 0 bridgehead atoms. The molecule has 1 N–H and O–H groups in total. The van der Waals surface area contributed by atoms with E-state index in [0.717, 1.165) is 5.56 Å². The van der Waals surface area contributed by atoms with Gasteiger partial charge in [0, 0.05) is 13.2 Å². The van der Waals surface area contributed by atoms with Gasteiger partial charge in [-0.1, -0.05) is 30.7 Å². The zero-order chi connectivity index (χ0) is 17.2. The molecule has 1 aliphatic carbocycles. The van der Waals surface area contributed by atoms with Gasteiger partial charge in [-0.3, -0.25) is 9.48 Å². The Morgan fingerprint density at radius 3 is 2.72 bits per heavy atom. The third kappa shape index (κ3) is 3.36. The number of anilines is 1. The lowest BCUT2D eigenvalue weighted by Crippen LogP contribution is -2.15. The van der Waals surface area contributed by atoms with Crippen molar-refractivity contribution in [2.24, 2.45) is 7.05 Å². The van der Waals surface area contributed by atoms with Gasteiger partial charge in [0.15, 0.2) is 11.5 Å². The highest BCUT2D eigenvalue weighted by atomic mass is 16.3. The summed E-state index contributed by atoms with van der Waals surface area (Å²) in [5, 5.41) is 7.31. The topological polar surface area (TPSA) is 60.1 Å². The van der Waals surface area contributed by atoms with Crippen LogP contribution < -0.4 is 5.32 Å². The number of benzene rings is 1. The lowest BCUT2D eigenvalue weighted by atomic mass is 9.80. The summed E-state index contributed by atoms with van der Waals surface area (Å²) in [5.74, 6) is 1.30. The largest absolute Gasteiger partial charge is 0.463 e. The molecule has 1 saturated carbocycles. The Kier molecular flexibility index (Phi) is 4.14. The second-order valence-electron chi connectivity index (χ2n) is 6.64. The molecule has 1 fully saturated rings. The molecule has 2 aromatic heterocycles. The summed E-state index contributed by atoms with van der Waals surface area (Å²) >= 11 is 0. The van der Waals surface area contributed by atoms with Crippen LogP contribution in [-0.4, -0.2) is 15.7 Å². The van der Waals surface area contributed by atoms with Crippen LogP contribution in [0.2, 0.25) is 0 Å². The summed E-state index contributed by atoms with van der Waals surface area (Å²) in [6, 6.07) is 12.1. The number of aromatic nitrogens is 2. The number of furan rings is 1. The molecule has 25 heavy (non-hydrogen) atoms. The Labute approximate surface area is 146 Å². The SMILES string of the molecule is Cn1cc(NC(=O)Cc2ccc(C3CCC3)cc2)c(-c2ccco2)n1. The summed E-state index contributed by atoms with van der Waals surface area (Å²) in [4.78, 5) is 12.4. The van der Waals surface area contributed by atoms with Crippen molar-refractivity contribution in [1.82, 2.24) is 9.78 Å². The van der Waals surface area contributed by atoms with Crippen LogP contribution >= 0.6 is 0 Å². The van der Waals surface area contributed by atoms with E-state index >= 15 is 0 Å². The van der Waals surface area contributed by atoms with Crippen molar-refractivity contribution in [3.05, 3.63) is 60.0 Å². The summed E-state index contributed by atoms with van der Waals surface area (Å²) in [7, 11) is 1.82.